The summed E-state index contributed by atoms with van der Waals surface area (Å²) in [4.78, 5) is 6.70. The standard InChI is InChI=1S/C13H21ClN2O/c1-4-11(5-2)16(9-8-14)13-7-6-12(17-3)10-15-13/h6-7,10-11H,4-5,8-9H2,1-3H3. The molecule has 96 valence electrons. The second-order valence-corrected chi connectivity index (χ2v) is 4.29. The highest BCUT2D eigenvalue weighted by atomic mass is 35.5. The Balaban J connectivity index is 2.87. The number of rotatable bonds is 7. The molecule has 0 bridgehead atoms. The lowest BCUT2D eigenvalue weighted by Gasteiger charge is -2.31. The van der Waals surface area contributed by atoms with E-state index in [1.807, 2.05) is 12.1 Å². The number of methoxy groups -OCH3 is 1. The highest BCUT2D eigenvalue weighted by Crippen LogP contribution is 2.20. The van der Waals surface area contributed by atoms with E-state index in [0.717, 1.165) is 31.0 Å². The molecule has 0 radical (unpaired) electrons. The van der Waals surface area contributed by atoms with Crippen LogP contribution in [0.2, 0.25) is 0 Å². The minimum Gasteiger partial charge on any atom is -0.495 e. The number of alkyl halides is 1. The molecule has 0 unspecified atom stereocenters. The maximum atomic E-state index is 5.87. The molecule has 0 fully saturated rings. The molecule has 3 nitrogen and oxygen atoms in total. The molecule has 0 amide bonds. The van der Waals surface area contributed by atoms with Gasteiger partial charge in [-0.25, -0.2) is 4.98 Å². The minimum absolute atomic E-state index is 0.495. The van der Waals surface area contributed by atoms with E-state index in [1.54, 1.807) is 13.3 Å². The molecule has 0 saturated heterocycles. The molecule has 1 aromatic rings. The molecule has 0 aromatic carbocycles. The van der Waals surface area contributed by atoms with Crippen LogP contribution in [0.5, 0.6) is 5.75 Å². The van der Waals surface area contributed by atoms with Gasteiger partial charge in [0.2, 0.25) is 0 Å². The van der Waals surface area contributed by atoms with Crippen molar-refractivity contribution in [2.24, 2.45) is 0 Å². The molecule has 1 heterocycles. The molecular formula is C13H21ClN2O. The predicted octanol–water partition coefficient (Wildman–Crippen LogP) is 3.32. The monoisotopic (exact) mass is 256 g/mol. The van der Waals surface area contributed by atoms with Crippen LogP contribution in [0.1, 0.15) is 26.7 Å². The van der Waals surface area contributed by atoms with E-state index in [2.05, 4.69) is 23.7 Å². The third-order valence-electron chi connectivity index (χ3n) is 2.96. The Morgan fingerprint density at radius 2 is 2.06 bits per heavy atom. The maximum absolute atomic E-state index is 5.87. The number of hydrogen-bond donors (Lipinski definition) is 0. The van der Waals surface area contributed by atoms with Crippen LogP contribution in [0, 0.1) is 0 Å². The molecular weight excluding hydrogens is 236 g/mol. The molecule has 4 heteroatoms. The summed E-state index contributed by atoms with van der Waals surface area (Å²) in [5.74, 6) is 2.37. The lowest BCUT2D eigenvalue weighted by molar-refractivity contribution is 0.412. The fourth-order valence-corrected chi connectivity index (χ4v) is 2.15. The summed E-state index contributed by atoms with van der Waals surface area (Å²) in [6.45, 7) is 5.21. The molecule has 17 heavy (non-hydrogen) atoms. The number of halogens is 1. The number of aromatic nitrogens is 1. The largest absolute Gasteiger partial charge is 0.495 e. The van der Waals surface area contributed by atoms with E-state index >= 15 is 0 Å². The summed E-state index contributed by atoms with van der Waals surface area (Å²) >= 11 is 5.87. The van der Waals surface area contributed by atoms with Crippen LogP contribution in [0.15, 0.2) is 18.3 Å². The van der Waals surface area contributed by atoms with Crippen molar-refractivity contribution in [2.75, 3.05) is 24.4 Å². The quantitative estimate of drug-likeness (QED) is 0.700. The van der Waals surface area contributed by atoms with E-state index in [9.17, 15) is 0 Å². The first-order valence-corrected chi connectivity index (χ1v) is 6.62. The SMILES string of the molecule is CCC(CC)N(CCCl)c1ccc(OC)cn1. The topological polar surface area (TPSA) is 25.4 Å². The summed E-state index contributed by atoms with van der Waals surface area (Å²) in [6.07, 6.45) is 3.95. The lowest BCUT2D eigenvalue weighted by Crippen LogP contribution is -2.36. The number of nitrogens with zero attached hydrogens (tertiary/aromatic N) is 2. The third kappa shape index (κ3) is 3.77. The second kappa shape index (κ2) is 7.38. The molecule has 0 atom stereocenters. The Hall–Kier alpha value is -0.960. The smallest absolute Gasteiger partial charge is 0.137 e. The van der Waals surface area contributed by atoms with Gasteiger partial charge in [0.25, 0.3) is 0 Å². The Bertz CT molecular complexity index is 312. The summed E-state index contributed by atoms with van der Waals surface area (Å²) in [5.41, 5.74) is 0. The van der Waals surface area contributed by atoms with Crippen molar-refractivity contribution in [3.8, 4) is 5.75 Å². The molecule has 1 aromatic heterocycles. The molecule has 0 spiro atoms. The zero-order valence-corrected chi connectivity index (χ0v) is 11.6. The molecule has 0 saturated carbocycles. The summed E-state index contributed by atoms with van der Waals surface area (Å²) in [6, 6.07) is 4.42. The van der Waals surface area contributed by atoms with Gasteiger partial charge < -0.3 is 9.64 Å². The van der Waals surface area contributed by atoms with Crippen molar-refractivity contribution >= 4 is 17.4 Å². The first kappa shape index (κ1) is 14.1. The van der Waals surface area contributed by atoms with Crippen molar-refractivity contribution in [1.82, 2.24) is 4.98 Å². The summed E-state index contributed by atoms with van der Waals surface area (Å²) in [7, 11) is 1.65. The summed E-state index contributed by atoms with van der Waals surface area (Å²) < 4.78 is 5.11. The number of hydrogen-bond acceptors (Lipinski definition) is 3. The number of anilines is 1. The van der Waals surface area contributed by atoms with Crippen molar-refractivity contribution in [1.29, 1.82) is 0 Å². The van der Waals surface area contributed by atoms with Gasteiger partial charge in [0.1, 0.15) is 11.6 Å². The Morgan fingerprint density at radius 1 is 1.35 bits per heavy atom. The van der Waals surface area contributed by atoms with Gasteiger partial charge in [-0.1, -0.05) is 13.8 Å². The van der Waals surface area contributed by atoms with Crippen LogP contribution in [0.3, 0.4) is 0 Å². The van der Waals surface area contributed by atoms with E-state index in [1.165, 1.54) is 0 Å². The van der Waals surface area contributed by atoms with Crippen molar-refractivity contribution in [2.45, 2.75) is 32.7 Å². The number of pyridine rings is 1. The summed E-state index contributed by atoms with van der Waals surface area (Å²) in [5, 5.41) is 0. The number of ether oxygens (including phenoxy) is 1. The van der Waals surface area contributed by atoms with Crippen LogP contribution >= 0.6 is 11.6 Å². The zero-order valence-electron chi connectivity index (χ0n) is 10.8. The normalized spacial score (nSPS) is 10.6. The van der Waals surface area contributed by atoms with Crippen LogP contribution in [0.25, 0.3) is 0 Å². The van der Waals surface area contributed by atoms with E-state index < -0.39 is 0 Å². The van der Waals surface area contributed by atoms with E-state index in [4.69, 9.17) is 16.3 Å². The van der Waals surface area contributed by atoms with Gasteiger partial charge in [-0.05, 0) is 25.0 Å². The average molecular weight is 257 g/mol. The Labute approximate surface area is 109 Å². The van der Waals surface area contributed by atoms with Gasteiger partial charge in [-0.3, -0.25) is 0 Å². The highest BCUT2D eigenvalue weighted by Gasteiger charge is 2.16. The average Bonchev–Trinajstić information content (AvgIpc) is 2.39. The first-order valence-electron chi connectivity index (χ1n) is 6.09. The fourth-order valence-electron chi connectivity index (χ4n) is 1.97. The third-order valence-corrected chi connectivity index (χ3v) is 3.13. The van der Waals surface area contributed by atoms with Crippen LogP contribution in [-0.2, 0) is 0 Å². The van der Waals surface area contributed by atoms with Gasteiger partial charge in [0, 0.05) is 18.5 Å². The van der Waals surface area contributed by atoms with E-state index in [0.29, 0.717) is 11.9 Å². The van der Waals surface area contributed by atoms with Gasteiger partial charge in [-0.2, -0.15) is 0 Å². The van der Waals surface area contributed by atoms with Crippen LogP contribution < -0.4 is 9.64 Å². The zero-order chi connectivity index (χ0) is 12.7. The van der Waals surface area contributed by atoms with Crippen molar-refractivity contribution < 1.29 is 4.74 Å². The Morgan fingerprint density at radius 3 is 2.47 bits per heavy atom. The van der Waals surface area contributed by atoms with Crippen molar-refractivity contribution in [3.63, 3.8) is 0 Å². The fraction of sp³-hybridized carbons (Fsp3) is 0.615. The highest BCUT2D eigenvalue weighted by molar-refractivity contribution is 6.18. The van der Waals surface area contributed by atoms with Gasteiger partial charge in [-0.15, -0.1) is 11.6 Å². The molecule has 1 rings (SSSR count). The second-order valence-electron chi connectivity index (χ2n) is 3.91. The van der Waals surface area contributed by atoms with Crippen LogP contribution in [-0.4, -0.2) is 30.6 Å². The lowest BCUT2D eigenvalue weighted by atomic mass is 10.1. The van der Waals surface area contributed by atoms with Gasteiger partial charge in [0.15, 0.2) is 0 Å². The molecule has 0 aliphatic carbocycles. The molecule has 0 N–H and O–H groups in total. The van der Waals surface area contributed by atoms with E-state index in [-0.39, 0.29) is 0 Å². The van der Waals surface area contributed by atoms with Crippen LogP contribution in [0.4, 0.5) is 5.82 Å². The first-order chi connectivity index (χ1) is 8.26. The van der Waals surface area contributed by atoms with Gasteiger partial charge >= 0.3 is 0 Å². The Kier molecular flexibility index (Phi) is 6.12. The molecule has 0 aliphatic rings. The minimum atomic E-state index is 0.495. The molecule has 0 aliphatic heterocycles. The van der Waals surface area contributed by atoms with Crippen molar-refractivity contribution in [3.05, 3.63) is 18.3 Å². The van der Waals surface area contributed by atoms with Gasteiger partial charge in [0.05, 0.1) is 13.3 Å². The predicted molar refractivity (Wildman–Crippen MR) is 73.2 cm³/mol. The maximum Gasteiger partial charge on any atom is 0.137 e.